The highest BCUT2D eigenvalue weighted by Gasteiger charge is 2.33. The van der Waals surface area contributed by atoms with Gasteiger partial charge in [-0.25, -0.2) is 4.98 Å². The molecule has 1 aromatic carbocycles. The molecule has 1 atom stereocenters. The Kier molecular flexibility index (Phi) is 6.92. The van der Waals surface area contributed by atoms with Crippen molar-refractivity contribution in [3.63, 3.8) is 0 Å². The average molecular weight is 435 g/mol. The second-order valence-electron chi connectivity index (χ2n) is 10.1. The SMILES string of the molecule is O=C(c1ncn(C2CCCCC2)c1-c1ccccc1)N1CCNC[C@H]1CC1CCCCC1. The molecule has 32 heavy (non-hydrogen) atoms. The van der Waals surface area contributed by atoms with Crippen molar-refractivity contribution in [3.8, 4) is 11.3 Å². The zero-order chi connectivity index (χ0) is 21.8. The topological polar surface area (TPSA) is 50.2 Å². The van der Waals surface area contributed by atoms with Gasteiger partial charge in [0.05, 0.1) is 12.0 Å². The Morgan fingerprint density at radius 1 is 0.969 bits per heavy atom. The van der Waals surface area contributed by atoms with E-state index in [2.05, 4.69) is 39.0 Å². The van der Waals surface area contributed by atoms with Gasteiger partial charge in [-0.1, -0.05) is 81.7 Å². The summed E-state index contributed by atoms with van der Waals surface area (Å²) in [6, 6.07) is 11.2. The number of nitrogens with zero attached hydrogens (tertiary/aromatic N) is 3. The van der Waals surface area contributed by atoms with Crippen LogP contribution in [0.25, 0.3) is 11.3 Å². The number of hydrogen-bond donors (Lipinski definition) is 1. The number of rotatable bonds is 5. The maximum Gasteiger partial charge on any atom is 0.275 e. The van der Waals surface area contributed by atoms with Crippen LogP contribution in [0.15, 0.2) is 36.7 Å². The molecule has 3 aliphatic rings. The average Bonchev–Trinajstić information content (AvgIpc) is 3.31. The molecule has 1 N–H and O–H groups in total. The van der Waals surface area contributed by atoms with Crippen molar-refractivity contribution in [1.29, 1.82) is 0 Å². The number of hydrogen-bond acceptors (Lipinski definition) is 3. The van der Waals surface area contributed by atoms with E-state index in [1.807, 2.05) is 12.4 Å². The Hall–Kier alpha value is -2.14. The minimum absolute atomic E-state index is 0.126. The summed E-state index contributed by atoms with van der Waals surface area (Å²) < 4.78 is 2.32. The number of amides is 1. The van der Waals surface area contributed by atoms with E-state index in [0.717, 1.165) is 43.2 Å². The monoisotopic (exact) mass is 434 g/mol. The van der Waals surface area contributed by atoms with Crippen molar-refractivity contribution < 1.29 is 4.79 Å². The standard InChI is InChI=1S/C27H38N4O/c32-27(30-17-16-28-19-24(30)18-21-10-4-1-5-11-21)25-26(22-12-6-2-7-13-22)31(20-29-25)23-14-8-3-9-15-23/h2,6-7,12-13,20-21,23-24,28H,1,3-5,8-11,14-19H2/t24-/m1/s1. The van der Waals surface area contributed by atoms with E-state index in [0.29, 0.717) is 11.7 Å². The first-order chi connectivity index (χ1) is 15.8. The molecule has 5 heteroatoms. The largest absolute Gasteiger partial charge is 0.332 e. The number of piperazine rings is 1. The summed E-state index contributed by atoms with van der Waals surface area (Å²) in [5.74, 6) is 0.887. The summed E-state index contributed by atoms with van der Waals surface area (Å²) in [4.78, 5) is 20.9. The van der Waals surface area contributed by atoms with E-state index < -0.39 is 0 Å². The van der Waals surface area contributed by atoms with Crippen LogP contribution in [0.5, 0.6) is 0 Å². The van der Waals surface area contributed by atoms with Crippen LogP contribution < -0.4 is 5.32 Å². The van der Waals surface area contributed by atoms with Crippen LogP contribution in [0, 0.1) is 5.92 Å². The van der Waals surface area contributed by atoms with Gasteiger partial charge in [0.1, 0.15) is 0 Å². The number of carbonyl (C=O) groups is 1. The highest BCUT2D eigenvalue weighted by molar-refractivity contribution is 5.98. The van der Waals surface area contributed by atoms with Crippen molar-refractivity contribution in [2.24, 2.45) is 5.92 Å². The zero-order valence-corrected chi connectivity index (χ0v) is 19.3. The molecule has 5 nitrogen and oxygen atoms in total. The Morgan fingerprint density at radius 2 is 1.69 bits per heavy atom. The summed E-state index contributed by atoms with van der Waals surface area (Å²) in [6.45, 7) is 2.56. The van der Waals surface area contributed by atoms with Crippen molar-refractivity contribution >= 4 is 5.91 Å². The van der Waals surface area contributed by atoms with Crippen LogP contribution in [-0.2, 0) is 0 Å². The number of nitrogens with one attached hydrogen (secondary N) is 1. The van der Waals surface area contributed by atoms with Gasteiger partial charge >= 0.3 is 0 Å². The molecule has 5 rings (SSSR count). The van der Waals surface area contributed by atoms with Gasteiger partial charge in [0.2, 0.25) is 0 Å². The number of carbonyl (C=O) groups excluding carboxylic acids is 1. The highest BCUT2D eigenvalue weighted by Crippen LogP contribution is 2.35. The third kappa shape index (κ3) is 4.63. The molecule has 0 unspecified atom stereocenters. The lowest BCUT2D eigenvalue weighted by atomic mass is 9.84. The second-order valence-corrected chi connectivity index (χ2v) is 10.1. The summed E-state index contributed by atoms with van der Waals surface area (Å²) in [7, 11) is 0. The quantitative estimate of drug-likeness (QED) is 0.682. The molecule has 2 heterocycles. The molecule has 0 bridgehead atoms. The van der Waals surface area contributed by atoms with E-state index in [-0.39, 0.29) is 11.9 Å². The molecule has 3 fully saturated rings. The minimum atomic E-state index is 0.126. The molecular weight excluding hydrogens is 396 g/mol. The van der Waals surface area contributed by atoms with E-state index in [9.17, 15) is 4.79 Å². The summed E-state index contributed by atoms with van der Waals surface area (Å²) >= 11 is 0. The van der Waals surface area contributed by atoms with Gasteiger partial charge in [0.25, 0.3) is 5.91 Å². The molecular formula is C27H38N4O. The van der Waals surface area contributed by atoms with Gasteiger partial charge in [-0.05, 0) is 25.2 Å². The van der Waals surface area contributed by atoms with Gasteiger partial charge in [0.15, 0.2) is 5.69 Å². The normalized spacial score (nSPS) is 23.4. The molecule has 0 radical (unpaired) electrons. The van der Waals surface area contributed by atoms with Gasteiger partial charge in [0, 0.05) is 37.3 Å². The molecule has 1 aromatic heterocycles. The summed E-state index contributed by atoms with van der Waals surface area (Å²) in [5, 5.41) is 3.54. The molecule has 1 amide bonds. The van der Waals surface area contributed by atoms with Gasteiger partial charge < -0.3 is 14.8 Å². The minimum Gasteiger partial charge on any atom is -0.332 e. The van der Waals surface area contributed by atoms with E-state index in [1.54, 1.807) is 0 Å². The first kappa shape index (κ1) is 21.7. The smallest absolute Gasteiger partial charge is 0.275 e. The number of benzene rings is 1. The molecule has 2 aliphatic carbocycles. The Balaban J connectivity index is 1.44. The predicted molar refractivity (Wildman–Crippen MR) is 129 cm³/mol. The first-order valence-corrected chi connectivity index (χ1v) is 12.9. The second kappa shape index (κ2) is 10.2. The predicted octanol–water partition coefficient (Wildman–Crippen LogP) is 5.44. The van der Waals surface area contributed by atoms with Crippen LogP contribution >= 0.6 is 0 Å². The third-order valence-electron chi connectivity index (χ3n) is 7.95. The zero-order valence-electron chi connectivity index (χ0n) is 19.3. The van der Waals surface area contributed by atoms with Gasteiger partial charge in [-0.15, -0.1) is 0 Å². The Bertz CT molecular complexity index is 880. The van der Waals surface area contributed by atoms with E-state index in [1.165, 1.54) is 64.2 Å². The molecule has 172 valence electrons. The van der Waals surface area contributed by atoms with Crippen molar-refractivity contribution in [2.75, 3.05) is 19.6 Å². The molecule has 0 spiro atoms. The maximum absolute atomic E-state index is 14.0. The van der Waals surface area contributed by atoms with E-state index >= 15 is 0 Å². The molecule has 1 aliphatic heterocycles. The maximum atomic E-state index is 14.0. The fourth-order valence-corrected chi connectivity index (χ4v) is 6.22. The van der Waals surface area contributed by atoms with Crippen LogP contribution in [0.2, 0.25) is 0 Å². The molecule has 2 saturated carbocycles. The Labute approximate surface area is 192 Å². The van der Waals surface area contributed by atoms with Crippen LogP contribution in [0.1, 0.15) is 87.2 Å². The fourth-order valence-electron chi connectivity index (χ4n) is 6.22. The van der Waals surface area contributed by atoms with E-state index in [4.69, 9.17) is 4.98 Å². The van der Waals surface area contributed by atoms with Crippen LogP contribution in [0.3, 0.4) is 0 Å². The van der Waals surface area contributed by atoms with Crippen molar-refractivity contribution in [2.45, 2.75) is 82.7 Å². The molecule has 1 saturated heterocycles. The Morgan fingerprint density at radius 3 is 2.44 bits per heavy atom. The summed E-state index contributed by atoms with van der Waals surface area (Å²) in [6.07, 6.45) is 16.0. The van der Waals surface area contributed by atoms with Gasteiger partial charge in [-0.2, -0.15) is 0 Å². The van der Waals surface area contributed by atoms with Crippen LogP contribution in [0.4, 0.5) is 0 Å². The van der Waals surface area contributed by atoms with Crippen molar-refractivity contribution in [3.05, 3.63) is 42.4 Å². The van der Waals surface area contributed by atoms with Crippen LogP contribution in [-0.4, -0.2) is 46.0 Å². The number of imidazole rings is 1. The molecule has 2 aromatic rings. The lowest BCUT2D eigenvalue weighted by Gasteiger charge is -2.38. The fraction of sp³-hybridized carbons (Fsp3) is 0.630. The van der Waals surface area contributed by atoms with Gasteiger partial charge in [-0.3, -0.25) is 4.79 Å². The highest BCUT2D eigenvalue weighted by atomic mass is 16.2. The number of aromatic nitrogens is 2. The summed E-state index contributed by atoms with van der Waals surface area (Å²) in [5.41, 5.74) is 2.78. The first-order valence-electron chi connectivity index (χ1n) is 12.9. The lowest BCUT2D eigenvalue weighted by Crippen LogP contribution is -2.54. The van der Waals surface area contributed by atoms with Crippen molar-refractivity contribution in [1.82, 2.24) is 19.8 Å². The lowest BCUT2D eigenvalue weighted by molar-refractivity contribution is 0.0587. The third-order valence-corrected chi connectivity index (χ3v) is 7.95.